The fourth-order valence-electron chi connectivity index (χ4n) is 1.78. The average Bonchev–Trinajstić information content (AvgIpc) is 2.43. The lowest BCUT2D eigenvalue weighted by molar-refractivity contribution is -0.114. The first-order chi connectivity index (χ1) is 9.56. The standard InChI is InChI=1S/C15H22N2O3/c1-4-17(5-2)10-11-20-15(19)13-6-8-14(9-7-13)16-12(3)18/h6-9H,4-5,10-11H2,1-3H3,(H,16,18). The Hall–Kier alpha value is -1.88. The minimum atomic E-state index is -0.341. The van der Waals surface area contributed by atoms with E-state index in [0.717, 1.165) is 19.6 Å². The van der Waals surface area contributed by atoms with Gasteiger partial charge in [-0.25, -0.2) is 4.79 Å². The highest BCUT2D eigenvalue weighted by Crippen LogP contribution is 2.10. The molecule has 1 amide bonds. The van der Waals surface area contributed by atoms with Gasteiger partial charge in [0.15, 0.2) is 0 Å². The molecule has 5 heteroatoms. The number of anilines is 1. The molecular weight excluding hydrogens is 256 g/mol. The number of rotatable bonds is 7. The molecule has 0 radical (unpaired) electrons. The van der Waals surface area contributed by atoms with Crippen LogP contribution in [0, 0.1) is 0 Å². The van der Waals surface area contributed by atoms with Crippen molar-refractivity contribution in [1.29, 1.82) is 0 Å². The number of ether oxygens (including phenoxy) is 1. The van der Waals surface area contributed by atoms with E-state index in [9.17, 15) is 9.59 Å². The number of nitrogens with one attached hydrogen (secondary N) is 1. The fraction of sp³-hybridized carbons (Fsp3) is 0.467. The Morgan fingerprint density at radius 2 is 1.75 bits per heavy atom. The molecule has 0 bridgehead atoms. The van der Waals surface area contributed by atoms with Crippen LogP contribution in [-0.2, 0) is 9.53 Å². The van der Waals surface area contributed by atoms with Gasteiger partial charge in [0.25, 0.3) is 0 Å². The molecule has 0 fully saturated rings. The van der Waals surface area contributed by atoms with Gasteiger partial charge < -0.3 is 15.0 Å². The zero-order valence-corrected chi connectivity index (χ0v) is 12.3. The maximum atomic E-state index is 11.8. The molecule has 0 spiro atoms. The van der Waals surface area contributed by atoms with Crippen LogP contribution in [0.2, 0.25) is 0 Å². The lowest BCUT2D eigenvalue weighted by Gasteiger charge is -2.17. The second-order valence-corrected chi connectivity index (χ2v) is 4.42. The zero-order chi connectivity index (χ0) is 15.0. The Balaban J connectivity index is 2.45. The fourth-order valence-corrected chi connectivity index (χ4v) is 1.78. The van der Waals surface area contributed by atoms with Gasteiger partial charge in [-0.2, -0.15) is 0 Å². The van der Waals surface area contributed by atoms with Crippen molar-refractivity contribution in [2.45, 2.75) is 20.8 Å². The van der Waals surface area contributed by atoms with Crippen LogP contribution < -0.4 is 5.32 Å². The van der Waals surface area contributed by atoms with Crippen LogP contribution in [0.25, 0.3) is 0 Å². The Morgan fingerprint density at radius 1 is 1.15 bits per heavy atom. The number of hydrogen-bond acceptors (Lipinski definition) is 4. The third kappa shape index (κ3) is 5.40. The van der Waals surface area contributed by atoms with Crippen molar-refractivity contribution in [3.8, 4) is 0 Å². The van der Waals surface area contributed by atoms with E-state index in [1.807, 2.05) is 0 Å². The summed E-state index contributed by atoms with van der Waals surface area (Å²) in [6, 6.07) is 6.65. The average molecular weight is 278 g/mol. The van der Waals surface area contributed by atoms with E-state index in [0.29, 0.717) is 17.9 Å². The van der Waals surface area contributed by atoms with E-state index >= 15 is 0 Å². The van der Waals surface area contributed by atoms with Gasteiger partial charge in [-0.3, -0.25) is 4.79 Å². The second kappa shape index (κ2) is 8.32. The van der Waals surface area contributed by atoms with Gasteiger partial charge in [0.1, 0.15) is 6.61 Å². The third-order valence-corrected chi connectivity index (χ3v) is 2.98. The van der Waals surface area contributed by atoms with Crippen LogP contribution in [0.4, 0.5) is 5.69 Å². The first-order valence-corrected chi connectivity index (χ1v) is 6.84. The summed E-state index contributed by atoms with van der Waals surface area (Å²) in [5.41, 5.74) is 1.15. The van der Waals surface area contributed by atoms with E-state index in [-0.39, 0.29) is 11.9 Å². The molecule has 0 aliphatic heterocycles. The Bertz CT molecular complexity index is 439. The molecule has 1 aromatic rings. The molecule has 0 atom stereocenters. The Labute approximate surface area is 119 Å². The predicted octanol–water partition coefficient (Wildman–Crippen LogP) is 2.14. The van der Waals surface area contributed by atoms with Gasteiger partial charge in [0.2, 0.25) is 5.91 Å². The highest BCUT2D eigenvalue weighted by molar-refractivity contribution is 5.92. The molecule has 0 aromatic heterocycles. The minimum absolute atomic E-state index is 0.139. The number of benzene rings is 1. The second-order valence-electron chi connectivity index (χ2n) is 4.42. The van der Waals surface area contributed by atoms with Crippen molar-refractivity contribution >= 4 is 17.6 Å². The number of nitrogens with zero attached hydrogens (tertiary/aromatic N) is 1. The van der Waals surface area contributed by atoms with Crippen LogP contribution in [0.3, 0.4) is 0 Å². The number of carbonyl (C=O) groups is 2. The Morgan fingerprint density at radius 3 is 2.25 bits per heavy atom. The molecule has 0 saturated heterocycles. The molecule has 0 saturated carbocycles. The summed E-state index contributed by atoms with van der Waals surface area (Å²) >= 11 is 0. The van der Waals surface area contributed by atoms with Crippen molar-refractivity contribution in [3.63, 3.8) is 0 Å². The van der Waals surface area contributed by atoms with Gasteiger partial charge in [-0.1, -0.05) is 13.8 Å². The van der Waals surface area contributed by atoms with Crippen molar-refractivity contribution in [3.05, 3.63) is 29.8 Å². The van der Waals surface area contributed by atoms with Gasteiger partial charge in [-0.15, -0.1) is 0 Å². The summed E-state index contributed by atoms with van der Waals surface area (Å²) < 4.78 is 5.22. The molecule has 1 N–H and O–H groups in total. The third-order valence-electron chi connectivity index (χ3n) is 2.98. The first-order valence-electron chi connectivity index (χ1n) is 6.84. The normalized spacial score (nSPS) is 10.4. The van der Waals surface area contributed by atoms with Crippen LogP contribution in [0.5, 0.6) is 0 Å². The summed E-state index contributed by atoms with van der Waals surface area (Å²) in [7, 11) is 0. The van der Waals surface area contributed by atoms with Crippen LogP contribution in [0.15, 0.2) is 24.3 Å². The monoisotopic (exact) mass is 278 g/mol. The van der Waals surface area contributed by atoms with Gasteiger partial charge in [0, 0.05) is 19.2 Å². The maximum absolute atomic E-state index is 11.8. The molecule has 110 valence electrons. The molecule has 0 unspecified atom stereocenters. The highest BCUT2D eigenvalue weighted by atomic mass is 16.5. The van der Waals surface area contributed by atoms with Gasteiger partial charge in [-0.05, 0) is 37.4 Å². The maximum Gasteiger partial charge on any atom is 0.338 e. The van der Waals surface area contributed by atoms with Crippen LogP contribution in [-0.4, -0.2) is 43.0 Å². The van der Waals surface area contributed by atoms with E-state index in [4.69, 9.17) is 4.74 Å². The quantitative estimate of drug-likeness (QED) is 0.776. The number of likely N-dealkylation sites (N-methyl/N-ethyl adjacent to an activating group) is 1. The topological polar surface area (TPSA) is 58.6 Å². The SMILES string of the molecule is CCN(CC)CCOC(=O)c1ccc(NC(C)=O)cc1. The van der Waals surface area contributed by atoms with Crippen molar-refractivity contribution < 1.29 is 14.3 Å². The van der Waals surface area contributed by atoms with Gasteiger partial charge >= 0.3 is 5.97 Å². The van der Waals surface area contributed by atoms with Crippen molar-refractivity contribution in [2.75, 3.05) is 31.6 Å². The summed E-state index contributed by atoms with van der Waals surface area (Å²) in [4.78, 5) is 24.9. The molecule has 0 aliphatic carbocycles. The molecule has 0 aliphatic rings. The molecule has 5 nitrogen and oxygen atoms in total. The lowest BCUT2D eigenvalue weighted by atomic mass is 10.2. The van der Waals surface area contributed by atoms with E-state index in [1.54, 1.807) is 24.3 Å². The lowest BCUT2D eigenvalue weighted by Crippen LogP contribution is -2.27. The predicted molar refractivity (Wildman–Crippen MR) is 78.8 cm³/mol. The summed E-state index contributed by atoms with van der Waals surface area (Å²) in [6.07, 6.45) is 0. The van der Waals surface area contributed by atoms with Crippen molar-refractivity contribution in [1.82, 2.24) is 4.90 Å². The molecular formula is C15H22N2O3. The number of carbonyl (C=O) groups excluding carboxylic acids is 2. The molecule has 0 heterocycles. The minimum Gasteiger partial charge on any atom is -0.461 e. The summed E-state index contributed by atoms with van der Waals surface area (Å²) in [5.74, 6) is -0.480. The van der Waals surface area contributed by atoms with Crippen molar-refractivity contribution in [2.24, 2.45) is 0 Å². The van der Waals surface area contributed by atoms with Gasteiger partial charge in [0.05, 0.1) is 5.56 Å². The largest absolute Gasteiger partial charge is 0.461 e. The van der Waals surface area contributed by atoms with Crippen LogP contribution in [0.1, 0.15) is 31.1 Å². The Kier molecular flexibility index (Phi) is 6.73. The van der Waals surface area contributed by atoms with E-state index < -0.39 is 0 Å². The number of hydrogen-bond donors (Lipinski definition) is 1. The van der Waals surface area contributed by atoms with E-state index in [1.165, 1.54) is 6.92 Å². The number of amides is 1. The zero-order valence-electron chi connectivity index (χ0n) is 12.3. The summed E-state index contributed by atoms with van der Waals surface area (Å²) in [5, 5.41) is 2.65. The number of esters is 1. The molecule has 20 heavy (non-hydrogen) atoms. The molecule has 1 rings (SSSR count). The molecule has 1 aromatic carbocycles. The van der Waals surface area contributed by atoms with E-state index in [2.05, 4.69) is 24.1 Å². The van der Waals surface area contributed by atoms with Crippen LogP contribution >= 0.6 is 0 Å². The summed E-state index contributed by atoms with van der Waals surface area (Å²) in [6.45, 7) is 8.60. The first kappa shape index (κ1) is 16.2. The highest BCUT2D eigenvalue weighted by Gasteiger charge is 2.08. The smallest absolute Gasteiger partial charge is 0.338 e.